The van der Waals surface area contributed by atoms with Crippen molar-refractivity contribution in [2.45, 2.75) is 43.7 Å². The third-order valence-corrected chi connectivity index (χ3v) is 6.18. The Morgan fingerprint density at radius 2 is 2.00 bits per heavy atom. The van der Waals surface area contributed by atoms with Gasteiger partial charge in [0.25, 0.3) is 0 Å². The standard InChI is InChI=1S/C22H27N9OS/c1-14(2)15-8-10-16(11-9-15)24-20(23)27-21-25-17(12-19(32)26-21)13-33-22-28-29-30-31(22)18-6-4-3-5-7-18/h3-11,14,17,21,25H,12-13H2,1-2H3,(H,26,32)(H3,23,24,27). The molecule has 172 valence electrons. The number of nitrogens with zero attached hydrogens (tertiary/aromatic N) is 5. The molecule has 0 aliphatic carbocycles. The van der Waals surface area contributed by atoms with Gasteiger partial charge >= 0.3 is 0 Å². The Hall–Kier alpha value is -3.44. The van der Waals surface area contributed by atoms with E-state index in [2.05, 4.69) is 62.4 Å². The second-order valence-corrected chi connectivity index (χ2v) is 8.96. The van der Waals surface area contributed by atoms with Crippen LogP contribution in [0.1, 0.15) is 31.7 Å². The van der Waals surface area contributed by atoms with E-state index in [1.54, 1.807) is 4.68 Å². The first-order chi connectivity index (χ1) is 16.0. The Balaban J connectivity index is 1.35. The van der Waals surface area contributed by atoms with Crippen LogP contribution in [0.3, 0.4) is 0 Å². The molecule has 2 aromatic carbocycles. The van der Waals surface area contributed by atoms with Gasteiger partial charge < -0.3 is 16.4 Å². The number of aromatic nitrogens is 4. The van der Waals surface area contributed by atoms with Gasteiger partial charge in [0.15, 0.2) is 12.2 Å². The van der Waals surface area contributed by atoms with Gasteiger partial charge in [0.2, 0.25) is 11.1 Å². The summed E-state index contributed by atoms with van der Waals surface area (Å²) in [4.78, 5) is 16.6. The van der Waals surface area contributed by atoms with Crippen LogP contribution in [0.5, 0.6) is 0 Å². The van der Waals surface area contributed by atoms with Gasteiger partial charge in [0, 0.05) is 23.9 Å². The van der Waals surface area contributed by atoms with Gasteiger partial charge in [0.05, 0.1) is 5.69 Å². The number of nitrogens with one attached hydrogen (secondary N) is 3. The molecule has 0 saturated carbocycles. The Labute approximate surface area is 196 Å². The monoisotopic (exact) mass is 465 g/mol. The van der Waals surface area contributed by atoms with Gasteiger partial charge in [-0.3, -0.25) is 10.1 Å². The van der Waals surface area contributed by atoms with E-state index in [4.69, 9.17) is 5.73 Å². The van der Waals surface area contributed by atoms with Crippen LogP contribution in [0, 0.1) is 0 Å². The molecule has 0 radical (unpaired) electrons. The van der Waals surface area contributed by atoms with Crippen molar-refractivity contribution in [3.05, 3.63) is 60.2 Å². The zero-order valence-electron chi connectivity index (χ0n) is 18.5. The van der Waals surface area contributed by atoms with Crippen LogP contribution < -0.4 is 21.7 Å². The van der Waals surface area contributed by atoms with Gasteiger partial charge in [-0.25, -0.2) is 4.99 Å². The number of tetrazole rings is 1. The molecule has 2 unspecified atom stereocenters. The van der Waals surface area contributed by atoms with Gasteiger partial charge in [-0.1, -0.05) is 55.9 Å². The number of aliphatic imine (C=N–C) groups is 1. The molecule has 3 aromatic rings. The van der Waals surface area contributed by atoms with Crippen molar-refractivity contribution in [2.75, 3.05) is 11.1 Å². The van der Waals surface area contributed by atoms with E-state index in [-0.39, 0.29) is 17.9 Å². The average molecular weight is 466 g/mol. The molecule has 4 rings (SSSR count). The van der Waals surface area contributed by atoms with Crippen LogP contribution in [0.4, 0.5) is 5.69 Å². The SMILES string of the molecule is CC(C)c1ccc(N/C(N)=N\C2NC(=O)CC(CSc3nnnn3-c3ccccc3)N2)cc1. The number of hydrogen-bond acceptors (Lipinski definition) is 7. The number of thioether (sulfide) groups is 1. The van der Waals surface area contributed by atoms with Crippen molar-refractivity contribution in [1.82, 2.24) is 30.8 Å². The Bertz CT molecular complexity index is 1100. The summed E-state index contributed by atoms with van der Waals surface area (Å²) in [5.74, 6) is 1.17. The van der Waals surface area contributed by atoms with E-state index in [0.717, 1.165) is 11.4 Å². The molecule has 1 amide bonds. The van der Waals surface area contributed by atoms with Crippen LogP contribution in [0.15, 0.2) is 64.7 Å². The van der Waals surface area contributed by atoms with Crippen LogP contribution in [-0.2, 0) is 4.79 Å². The number of carbonyl (C=O) groups excluding carboxylic acids is 1. The molecule has 10 nitrogen and oxygen atoms in total. The highest BCUT2D eigenvalue weighted by atomic mass is 32.2. The summed E-state index contributed by atoms with van der Waals surface area (Å²) in [5.41, 5.74) is 9.03. The smallest absolute Gasteiger partial charge is 0.224 e. The number of anilines is 1. The number of carbonyl (C=O) groups is 1. The minimum absolute atomic E-state index is 0.0927. The van der Waals surface area contributed by atoms with Crippen molar-refractivity contribution >= 4 is 29.3 Å². The topological polar surface area (TPSA) is 135 Å². The quantitative estimate of drug-likeness (QED) is 0.237. The van der Waals surface area contributed by atoms with E-state index in [1.165, 1.54) is 17.3 Å². The highest BCUT2D eigenvalue weighted by molar-refractivity contribution is 7.99. The molecule has 2 heterocycles. The van der Waals surface area contributed by atoms with Crippen LogP contribution in [-0.4, -0.2) is 50.2 Å². The van der Waals surface area contributed by atoms with E-state index < -0.39 is 6.29 Å². The largest absolute Gasteiger partial charge is 0.370 e. The van der Waals surface area contributed by atoms with Crippen LogP contribution >= 0.6 is 11.8 Å². The number of para-hydroxylation sites is 1. The molecule has 1 aliphatic rings. The maximum atomic E-state index is 12.2. The lowest BCUT2D eigenvalue weighted by molar-refractivity contribution is -0.124. The van der Waals surface area contributed by atoms with Crippen molar-refractivity contribution in [3.8, 4) is 5.69 Å². The summed E-state index contributed by atoms with van der Waals surface area (Å²) < 4.78 is 1.68. The van der Waals surface area contributed by atoms with Crippen molar-refractivity contribution in [1.29, 1.82) is 0 Å². The number of hydrogen-bond donors (Lipinski definition) is 4. The maximum Gasteiger partial charge on any atom is 0.224 e. The summed E-state index contributed by atoms with van der Waals surface area (Å²) in [6.45, 7) is 4.29. The third kappa shape index (κ3) is 6.08. The third-order valence-electron chi connectivity index (χ3n) is 5.10. The summed E-state index contributed by atoms with van der Waals surface area (Å²) in [6.07, 6.45) is -0.292. The average Bonchev–Trinajstić information content (AvgIpc) is 3.27. The number of amides is 1. The zero-order chi connectivity index (χ0) is 23.2. The van der Waals surface area contributed by atoms with E-state index in [1.807, 2.05) is 42.5 Å². The molecule has 0 bridgehead atoms. The first-order valence-corrected chi connectivity index (χ1v) is 11.7. The second kappa shape index (κ2) is 10.5. The summed E-state index contributed by atoms with van der Waals surface area (Å²) in [6, 6.07) is 17.6. The second-order valence-electron chi connectivity index (χ2n) is 7.97. The van der Waals surface area contributed by atoms with E-state index in [0.29, 0.717) is 23.2 Å². The van der Waals surface area contributed by atoms with Crippen molar-refractivity contribution in [2.24, 2.45) is 10.7 Å². The Morgan fingerprint density at radius 1 is 1.24 bits per heavy atom. The first kappa shape index (κ1) is 22.7. The highest BCUT2D eigenvalue weighted by Crippen LogP contribution is 2.21. The predicted molar refractivity (Wildman–Crippen MR) is 129 cm³/mol. The Morgan fingerprint density at radius 3 is 2.73 bits per heavy atom. The van der Waals surface area contributed by atoms with Gasteiger partial charge in [-0.05, 0) is 46.2 Å². The fourth-order valence-corrected chi connectivity index (χ4v) is 4.30. The lowest BCUT2D eigenvalue weighted by Gasteiger charge is -2.29. The normalized spacial score (nSPS) is 18.9. The Kier molecular flexibility index (Phi) is 7.20. The number of nitrogens with two attached hydrogens (primary N) is 1. The van der Waals surface area contributed by atoms with E-state index in [9.17, 15) is 4.79 Å². The number of benzene rings is 2. The molecule has 1 saturated heterocycles. The highest BCUT2D eigenvalue weighted by Gasteiger charge is 2.26. The number of rotatable bonds is 7. The molecule has 5 N–H and O–H groups in total. The summed E-state index contributed by atoms with van der Waals surface area (Å²) in [5, 5.41) is 21.8. The predicted octanol–water partition coefficient (Wildman–Crippen LogP) is 2.07. The van der Waals surface area contributed by atoms with Gasteiger partial charge in [-0.2, -0.15) is 4.68 Å². The zero-order valence-corrected chi connectivity index (χ0v) is 19.3. The lowest BCUT2D eigenvalue weighted by Crippen LogP contribution is -2.57. The minimum Gasteiger partial charge on any atom is -0.370 e. The van der Waals surface area contributed by atoms with Crippen molar-refractivity contribution < 1.29 is 4.79 Å². The fourth-order valence-electron chi connectivity index (χ4n) is 3.38. The van der Waals surface area contributed by atoms with Crippen molar-refractivity contribution in [3.63, 3.8) is 0 Å². The first-order valence-electron chi connectivity index (χ1n) is 10.7. The van der Waals surface area contributed by atoms with Gasteiger partial charge in [0.1, 0.15) is 0 Å². The molecule has 2 atom stereocenters. The van der Waals surface area contributed by atoms with Gasteiger partial charge in [-0.15, -0.1) is 5.10 Å². The number of guanidine groups is 1. The molecule has 1 aliphatic heterocycles. The van der Waals surface area contributed by atoms with E-state index >= 15 is 0 Å². The lowest BCUT2D eigenvalue weighted by atomic mass is 10.0. The molecule has 11 heteroatoms. The molecule has 1 fully saturated rings. The van der Waals surface area contributed by atoms with Crippen LogP contribution in [0.25, 0.3) is 5.69 Å². The fraction of sp³-hybridized carbons (Fsp3) is 0.318. The summed E-state index contributed by atoms with van der Waals surface area (Å²) >= 11 is 1.47. The maximum absolute atomic E-state index is 12.2. The van der Waals surface area contributed by atoms with Crippen LogP contribution in [0.2, 0.25) is 0 Å². The molecular formula is C22H27N9OS. The molecule has 33 heavy (non-hydrogen) atoms. The summed E-state index contributed by atoms with van der Waals surface area (Å²) in [7, 11) is 0. The molecular weight excluding hydrogens is 438 g/mol. The minimum atomic E-state index is -0.621. The molecule has 1 aromatic heterocycles. The molecule has 0 spiro atoms.